The molecule has 0 aromatic carbocycles. The summed E-state index contributed by atoms with van der Waals surface area (Å²) >= 11 is 0. The Labute approximate surface area is 102 Å². The van der Waals surface area contributed by atoms with Gasteiger partial charge >= 0.3 is 0 Å². The summed E-state index contributed by atoms with van der Waals surface area (Å²) in [5.74, 6) is 1.49. The Morgan fingerprint density at radius 2 is 2.24 bits per heavy atom. The van der Waals surface area contributed by atoms with E-state index in [0.717, 1.165) is 44.9 Å². The van der Waals surface area contributed by atoms with Gasteiger partial charge in [-0.1, -0.05) is 19.0 Å². The standard InChI is InChI=1S/C12H21N3O2/c1-4-11-13-10(14-17-11)8-15-6-7-16-12(3,5-2)9-15/h4-9H2,1-3H3/t12-/m1/s1. The van der Waals surface area contributed by atoms with E-state index in [1.54, 1.807) is 0 Å². The maximum Gasteiger partial charge on any atom is 0.226 e. The van der Waals surface area contributed by atoms with Crippen LogP contribution in [0.15, 0.2) is 4.52 Å². The molecule has 0 amide bonds. The Morgan fingerprint density at radius 1 is 1.41 bits per heavy atom. The first-order chi connectivity index (χ1) is 8.15. The second kappa shape index (κ2) is 5.14. The zero-order valence-corrected chi connectivity index (χ0v) is 10.9. The fourth-order valence-electron chi connectivity index (χ4n) is 2.07. The molecule has 2 rings (SSSR count). The van der Waals surface area contributed by atoms with Crippen LogP contribution in [-0.4, -0.2) is 40.3 Å². The normalized spacial score (nSPS) is 26.3. The molecule has 1 aromatic rings. The number of aromatic nitrogens is 2. The molecule has 17 heavy (non-hydrogen) atoms. The molecule has 0 saturated carbocycles. The maximum absolute atomic E-state index is 5.80. The average molecular weight is 239 g/mol. The highest BCUT2D eigenvalue weighted by atomic mass is 16.5. The van der Waals surface area contributed by atoms with Gasteiger partial charge in [-0.2, -0.15) is 4.98 Å². The van der Waals surface area contributed by atoms with Crippen LogP contribution in [0.1, 0.15) is 38.9 Å². The fourth-order valence-corrected chi connectivity index (χ4v) is 2.07. The SMILES string of the molecule is CCc1nc(CN2CCO[C@](C)(CC)C2)no1. The predicted molar refractivity (Wildman–Crippen MR) is 63.6 cm³/mol. The van der Waals surface area contributed by atoms with Gasteiger partial charge in [0.25, 0.3) is 0 Å². The molecule has 0 bridgehead atoms. The molecule has 0 unspecified atom stereocenters. The van der Waals surface area contributed by atoms with Gasteiger partial charge in [0.2, 0.25) is 5.89 Å². The van der Waals surface area contributed by atoms with Crippen molar-refractivity contribution in [1.82, 2.24) is 15.0 Å². The predicted octanol–water partition coefficient (Wildman–Crippen LogP) is 1.63. The van der Waals surface area contributed by atoms with Crippen molar-refractivity contribution < 1.29 is 9.26 Å². The van der Waals surface area contributed by atoms with E-state index in [-0.39, 0.29) is 5.60 Å². The molecule has 1 aliphatic heterocycles. The van der Waals surface area contributed by atoms with Crippen LogP contribution in [0.4, 0.5) is 0 Å². The lowest BCUT2D eigenvalue weighted by Crippen LogP contribution is -2.49. The molecule has 0 aliphatic carbocycles. The van der Waals surface area contributed by atoms with Crippen LogP contribution >= 0.6 is 0 Å². The Hall–Kier alpha value is -0.940. The molecule has 96 valence electrons. The largest absolute Gasteiger partial charge is 0.373 e. The van der Waals surface area contributed by atoms with Crippen LogP contribution in [0, 0.1) is 0 Å². The van der Waals surface area contributed by atoms with Crippen molar-refractivity contribution in [3.63, 3.8) is 0 Å². The van der Waals surface area contributed by atoms with Gasteiger partial charge in [0.1, 0.15) is 0 Å². The van der Waals surface area contributed by atoms with Crippen LogP contribution in [0.25, 0.3) is 0 Å². The highest BCUT2D eigenvalue weighted by Crippen LogP contribution is 2.21. The molecule has 1 fully saturated rings. The van der Waals surface area contributed by atoms with E-state index in [1.807, 2.05) is 6.92 Å². The van der Waals surface area contributed by atoms with Gasteiger partial charge in [-0.05, 0) is 13.3 Å². The van der Waals surface area contributed by atoms with Gasteiger partial charge in [0, 0.05) is 19.5 Å². The summed E-state index contributed by atoms with van der Waals surface area (Å²) in [6.07, 6.45) is 1.82. The molecular formula is C12H21N3O2. The lowest BCUT2D eigenvalue weighted by atomic mass is 10.0. The Morgan fingerprint density at radius 3 is 2.88 bits per heavy atom. The summed E-state index contributed by atoms with van der Waals surface area (Å²) in [5, 5.41) is 3.99. The Balaban J connectivity index is 1.94. The second-order valence-corrected chi connectivity index (χ2v) is 4.82. The number of rotatable bonds is 4. The molecule has 1 aromatic heterocycles. The van der Waals surface area contributed by atoms with E-state index in [0.29, 0.717) is 5.89 Å². The third kappa shape index (κ3) is 3.04. The van der Waals surface area contributed by atoms with Crippen LogP contribution in [0.5, 0.6) is 0 Å². The van der Waals surface area contributed by atoms with Gasteiger partial charge in [-0.15, -0.1) is 0 Å². The van der Waals surface area contributed by atoms with Crippen LogP contribution in [0.2, 0.25) is 0 Å². The Bertz CT molecular complexity index is 366. The summed E-state index contributed by atoms with van der Waals surface area (Å²) in [6, 6.07) is 0. The smallest absolute Gasteiger partial charge is 0.226 e. The number of aryl methyl sites for hydroxylation is 1. The van der Waals surface area contributed by atoms with E-state index in [9.17, 15) is 0 Å². The minimum absolute atomic E-state index is 0.0322. The fraction of sp³-hybridized carbons (Fsp3) is 0.833. The molecule has 5 heteroatoms. The lowest BCUT2D eigenvalue weighted by Gasteiger charge is -2.39. The number of morpholine rings is 1. The van der Waals surface area contributed by atoms with Gasteiger partial charge in [-0.3, -0.25) is 4.90 Å². The first-order valence-electron chi connectivity index (χ1n) is 6.33. The lowest BCUT2D eigenvalue weighted by molar-refractivity contribution is -0.102. The molecule has 0 radical (unpaired) electrons. The van der Waals surface area contributed by atoms with Gasteiger partial charge < -0.3 is 9.26 Å². The molecule has 5 nitrogen and oxygen atoms in total. The van der Waals surface area contributed by atoms with Crippen molar-refractivity contribution >= 4 is 0 Å². The number of ether oxygens (including phenoxy) is 1. The van der Waals surface area contributed by atoms with Gasteiger partial charge in [-0.25, -0.2) is 0 Å². The van der Waals surface area contributed by atoms with Crippen LogP contribution in [-0.2, 0) is 17.7 Å². The van der Waals surface area contributed by atoms with E-state index in [2.05, 4.69) is 28.9 Å². The molecule has 1 aliphatic rings. The minimum atomic E-state index is -0.0322. The summed E-state index contributed by atoms with van der Waals surface area (Å²) in [6.45, 7) is 9.73. The Kier molecular flexibility index (Phi) is 3.79. The van der Waals surface area contributed by atoms with Crippen LogP contribution in [0.3, 0.4) is 0 Å². The quantitative estimate of drug-likeness (QED) is 0.799. The van der Waals surface area contributed by atoms with Crippen LogP contribution < -0.4 is 0 Å². The highest BCUT2D eigenvalue weighted by Gasteiger charge is 2.30. The minimum Gasteiger partial charge on any atom is -0.373 e. The van der Waals surface area contributed by atoms with E-state index in [1.165, 1.54) is 0 Å². The van der Waals surface area contributed by atoms with E-state index >= 15 is 0 Å². The topological polar surface area (TPSA) is 51.4 Å². The number of nitrogens with zero attached hydrogens (tertiary/aromatic N) is 3. The van der Waals surface area contributed by atoms with Crippen molar-refractivity contribution in [1.29, 1.82) is 0 Å². The van der Waals surface area contributed by atoms with Crippen molar-refractivity contribution in [3.05, 3.63) is 11.7 Å². The van der Waals surface area contributed by atoms with Gasteiger partial charge in [0.15, 0.2) is 5.82 Å². The summed E-state index contributed by atoms with van der Waals surface area (Å²) < 4.78 is 10.9. The van der Waals surface area contributed by atoms with E-state index in [4.69, 9.17) is 9.26 Å². The second-order valence-electron chi connectivity index (χ2n) is 4.82. The molecule has 0 N–H and O–H groups in total. The molecule has 2 heterocycles. The third-order valence-electron chi connectivity index (χ3n) is 3.34. The average Bonchev–Trinajstić information content (AvgIpc) is 2.77. The monoisotopic (exact) mass is 239 g/mol. The zero-order chi connectivity index (χ0) is 12.3. The third-order valence-corrected chi connectivity index (χ3v) is 3.34. The van der Waals surface area contributed by atoms with Crippen molar-refractivity contribution in [2.45, 2.75) is 45.8 Å². The van der Waals surface area contributed by atoms with Crippen molar-refractivity contribution in [2.24, 2.45) is 0 Å². The summed E-state index contributed by atoms with van der Waals surface area (Å²) in [4.78, 5) is 6.67. The summed E-state index contributed by atoms with van der Waals surface area (Å²) in [7, 11) is 0. The molecule has 1 saturated heterocycles. The zero-order valence-electron chi connectivity index (χ0n) is 10.9. The number of hydrogen-bond acceptors (Lipinski definition) is 5. The highest BCUT2D eigenvalue weighted by molar-refractivity contribution is 4.89. The first kappa shape index (κ1) is 12.5. The molecular weight excluding hydrogens is 218 g/mol. The molecule has 0 spiro atoms. The van der Waals surface area contributed by atoms with Crippen molar-refractivity contribution in [3.8, 4) is 0 Å². The first-order valence-corrected chi connectivity index (χ1v) is 6.33. The maximum atomic E-state index is 5.80. The van der Waals surface area contributed by atoms with Crippen molar-refractivity contribution in [2.75, 3.05) is 19.7 Å². The summed E-state index contributed by atoms with van der Waals surface area (Å²) in [5.41, 5.74) is -0.0322. The number of hydrogen-bond donors (Lipinski definition) is 0. The van der Waals surface area contributed by atoms with Gasteiger partial charge in [0.05, 0.1) is 18.8 Å². The molecule has 1 atom stereocenters. The van der Waals surface area contributed by atoms with E-state index < -0.39 is 0 Å².